The molecule has 2 aromatic carbocycles. The van der Waals surface area contributed by atoms with Crippen molar-refractivity contribution in [3.8, 4) is 0 Å². The number of pyridine rings is 1. The van der Waals surface area contributed by atoms with Crippen LogP contribution in [0.4, 0.5) is 5.69 Å². The average Bonchev–Trinajstić information content (AvgIpc) is 3.42. The number of amides is 1. The van der Waals surface area contributed by atoms with Crippen molar-refractivity contribution >= 4 is 57.9 Å². The Hall–Kier alpha value is -2.86. The fourth-order valence-electron chi connectivity index (χ4n) is 4.15. The van der Waals surface area contributed by atoms with Crippen molar-refractivity contribution in [2.75, 3.05) is 5.32 Å². The largest absolute Gasteiger partial charge is 0.481 e. The monoisotopic (exact) mass is 528 g/mol. The predicted molar refractivity (Wildman–Crippen MR) is 140 cm³/mol. The fraction of sp³-hybridized carbons (Fsp3) is 0.222. The summed E-state index contributed by atoms with van der Waals surface area (Å²) in [5.41, 5.74) is 4.15. The van der Waals surface area contributed by atoms with Crippen molar-refractivity contribution < 1.29 is 14.7 Å². The third-order valence-corrected chi connectivity index (χ3v) is 7.11. The van der Waals surface area contributed by atoms with E-state index in [4.69, 9.17) is 39.9 Å². The normalized spacial score (nSPS) is 18.7. The van der Waals surface area contributed by atoms with Crippen LogP contribution in [0.15, 0.2) is 79.1 Å². The number of aromatic nitrogens is 1. The van der Waals surface area contributed by atoms with Gasteiger partial charge >= 0.3 is 5.97 Å². The number of benzene rings is 2. The number of alkyl halides is 2. The van der Waals surface area contributed by atoms with E-state index in [2.05, 4.69) is 10.3 Å². The van der Waals surface area contributed by atoms with Gasteiger partial charge in [-0.05, 0) is 59.9 Å². The number of carboxylic acid groups (broad SMARTS) is 1. The van der Waals surface area contributed by atoms with Gasteiger partial charge in [-0.2, -0.15) is 0 Å². The minimum Gasteiger partial charge on any atom is -0.481 e. The Morgan fingerprint density at radius 3 is 2.49 bits per heavy atom. The molecule has 0 saturated heterocycles. The zero-order valence-corrected chi connectivity index (χ0v) is 20.9. The molecule has 2 unspecified atom stereocenters. The molecule has 1 heterocycles. The number of nitrogens with zero attached hydrogens (tertiary/aromatic N) is 1. The lowest BCUT2D eigenvalue weighted by molar-refractivity contribution is -0.137. The molecule has 3 aromatic rings. The van der Waals surface area contributed by atoms with E-state index in [9.17, 15) is 9.59 Å². The molecular formula is C27H23Cl3N2O3. The molecule has 2 N–H and O–H groups in total. The van der Waals surface area contributed by atoms with Crippen molar-refractivity contribution in [2.45, 2.75) is 29.5 Å². The first-order valence-electron chi connectivity index (χ1n) is 11.1. The molecule has 35 heavy (non-hydrogen) atoms. The first-order chi connectivity index (χ1) is 16.8. The standard InChI is InChI=1S/C27H23Cl3N2O3/c28-20-12-10-17(11-13-20)24-25(27(24,29)30)26(35)32-21-7-3-5-18(15-21)22(8-1-2-9-23(33)34)19-6-4-14-31-16-19/h3-8,10-16,24-25H,1-2,9H2,(H,32,35)(H,33,34). The van der Waals surface area contributed by atoms with Crippen LogP contribution in [0, 0.1) is 5.92 Å². The number of anilines is 1. The number of allylic oxidation sites excluding steroid dienone is 1. The summed E-state index contributed by atoms with van der Waals surface area (Å²) in [6.07, 6.45) is 6.67. The second-order valence-electron chi connectivity index (χ2n) is 8.40. The molecule has 180 valence electrons. The average molecular weight is 530 g/mol. The number of hydrogen-bond donors (Lipinski definition) is 2. The summed E-state index contributed by atoms with van der Waals surface area (Å²) in [7, 11) is 0. The molecule has 4 rings (SSSR count). The maximum Gasteiger partial charge on any atom is 0.303 e. The van der Waals surface area contributed by atoms with Crippen LogP contribution in [0.5, 0.6) is 0 Å². The van der Waals surface area contributed by atoms with Gasteiger partial charge in [-0.15, -0.1) is 23.2 Å². The molecule has 1 aliphatic carbocycles. The van der Waals surface area contributed by atoms with Gasteiger partial charge in [0.05, 0.1) is 5.92 Å². The lowest BCUT2D eigenvalue weighted by atomic mass is 9.97. The van der Waals surface area contributed by atoms with E-state index in [0.29, 0.717) is 23.6 Å². The van der Waals surface area contributed by atoms with Crippen molar-refractivity contribution in [1.82, 2.24) is 4.98 Å². The van der Waals surface area contributed by atoms with Gasteiger partial charge in [0.2, 0.25) is 5.91 Å². The third-order valence-electron chi connectivity index (χ3n) is 5.92. The Labute approximate surface area is 218 Å². The van der Waals surface area contributed by atoms with Gasteiger partial charge < -0.3 is 10.4 Å². The molecule has 1 saturated carbocycles. The molecule has 5 nitrogen and oxygen atoms in total. The summed E-state index contributed by atoms with van der Waals surface area (Å²) in [5, 5.41) is 12.5. The van der Waals surface area contributed by atoms with E-state index in [1.807, 2.05) is 48.5 Å². The van der Waals surface area contributed by atoms with E-state index in [-0.39, 0.29) is 18.2 Å². The quantitative estimate of drug-likeness (QED) is 0.232. The van der Waals surface area contributed by atoms with Crippen LogP contribution in [0.25, 0.3) is 5.57 Å². The van der Waals surface area contributed by atoms with Gasteiger partial charge in [0.15, 0.2) is 0 Å². The Kier molecular flexibility index (Phi) is 7.80. The lowest BCUT2D eigenvalue weighted by Crippen LogP contribution is -2.17. The number of unbranched alkanes of at least 4 members (excludes halogenated alkanes) is 1. The van der Waals surface area contributed by atoms with E-state index in [1.165, 1.54) is 0 Å². The number of carbonyl (C=O) groups is 2. The molecule has 0 aliphatic heterocycles. The summed E-state index contributed by atoms with van der Waals surface area (Å²) in [6, 6.07) is 18.4. The first kappa shape index (κ1) is 25.2. The van der Waals surface area contributed by atoms with Gasteiger partial charge in [-0.1, -0.05) is 48.0 Å². The fourth-order valence-corrected chi connectivity index (χ4v) is 5.10. The smallest absolute Gasteiger partial charge is 0.303 e. The molecule has 0 radical (unpaired) electrons. The van der Waals surface area contributed by atoms with Gasteiger partial charge in [0.25, 0.3) is 0 Å². The number of nitrogens with one attached hydrogen (secondary N) is 1. The lowest BCUT2D eigenvalue weighted by Gasteiger charge is -2.11. The highest BCUT2D eigenvalue weighted by Gasteiger charge is 2.67. The Bertz CT molecular complexity index is 1240. The molecule has 1 amide bonds. The summed E-state index contributed by atoms with van der Waals surface area (Å²) >= 11 is 18.9. The zero-order chi connectivity index (χ0) is 25.0. The number of rotatable bonds is 9. The number of halogens is 3. The molecule has 1 aromatic heterocycles. The molecule has 1 aliphatic rings. The number of hydrogen-bond acceptors (Lipinski definition) is 3. The highest BCUT2D eigenvalue weighted by Crippen LogP contribution is 2.65. The zero-order valence-electron chi connectivity index (χ0n) is 18.6. The van der Waals surface area contributed by atoms with Crippen LogP contribution in [0.2, 0.25) is 5.02 Å². The number of aliphatic carboxylic acids is 1. The Morgan fingerprint density at radius 2 is 1.80 bits per heavy atom. The molecule has 8 heteroatoms. The van der Waals surface area contributed by atoms with Crippen molar-refractivity contribution in [1.29, 1.82) is 0 Å². The Morgan fingerprint density at radius 1 is 1.06 bits per heavy atom. The summed E-state index contributed by atoms with van der Waals surface area (Å²) in [6.45, 7) is 0. The van der Waals surface area contributed by atoms with E-state index in [1.54, 1.807) is 30.6 Å². The highest BCUT2D eigenvalue weighted by atomic mass is 35.5. The molecular weight excluding hydrogens is 507 g/mol. The number of carboxylic acids is 1. The van der Waals surface area contributed by atoms with Crippen molar-refractivity contribution in [3.63, 3.8) is 0 Å². The van der Waals surface area contributed by atoms with Crippen LogP contribution >= 0.6 is 34.8 Å². The van der Waals surface area contributed by atoms with Crippen LogP contribution < -0.4 is 5.32 Å². The Balaban J connectivity index is 1.53. The molecule has 0 spiro atoms. The van der Waals surface area contributed by atoms with E-state index >= 15 is 0 Å². The van der Waals surface area contributed by atoms with E-state index in [0.717, 1.165) is 22.3 Å². The van der Waals surface area contributed by atoms with Gasteiger partial charge in [0.1, 0.15) is 4.33 Å². The molecule has 1 fully saturated rings. The van der Waals surface area contributed by atoms with Gasteiger partial charge in [-0.25, -0.2) is 0 Å². The SMILES string of the molecule is O=C(O)CCCC=C(c1cccnc1)c1cccc(NC(=O)C2C(c3ccc(Cl)cc3)C2(Cl)Cl)c1. The first-order valence-corrected chi connectivity index (χ1v) is 12.3. The summed E-state index contributed by atoms with van der Waals surface area (Å²) in [5.74, 6) is -2.01. The van der Waals surface area contributed by atoms with Gasteiger partial charge in [0, 0.05) is 41.0 Å². The van der Waals surface area contributed by atoms with Crippen LogP contribution in [-0.2, 0) is 9.59 Å². The van der Waals surface area contributed by atoms with Crippen LogP contribution in [0.3, 0.4) is 0 Å². The summed E-state index contributed by atoms with van der Waals surface area (Å²) in [4.78, 5) is 28.2. The van der Waals surface area contributed by atoms with Crippen LogP contribution in [0.1, 0.15) is 41.9 Å². The van der Waals surface area contributed by atoms with Crippen molar-refractivity contribution in [3.05, 3.63) is 101 Å². The molecule has 2 atom stereocenters. The minimum atomic E-state index is -1.19. The summed E-state index contributed by atoms with van der Waals surface area (Å²) < 4.78 is -1.19. The topological polar surface area (TPSA) is 79.3 Å². The van der Waals surface area contributed by atoms with Gasteiger partial charge in [-0.3, -0.25) is 14.6 Å². The second kappa shape index (κ2) is 10.8. The number of carbonyl (C=O) groups excluding carboxylic acids is 1. The maximum atomic E-state index is 13.1. The second-order valence-corrected chi connectivity index (χ2v) is 10.3. The molecule has 0 bridgehead atoms. The highest BCUT2D eigenvalue weighted by molar-refractivity contribution is 6.53. The predicted octanol–water partition coefficient (Wildman–Crippen LogP) is 6.95. The third kappa shape index (κ3) is 6.04. The van der Waals surface area contributed by atoms with Crippen molar-refractivity contribution in [2.24, 2.45) is 5.92 Å². The van der Waals surface area contributed by atoms with E-state index < -0.39 is 16.2 Å². The van der Waals surface area contributed by atoms with Crippen LogP contribution in [-0.4, -0.2) is 26.3 Å². The minimum absolute atomic E-state index is 0.0989. The maximum absolute atomic E-state index is 13.1.